The lowest BCUT2D eigenvalue weighted by Crippen LogP contribution is -2.26. The molecule has 84 valence electrons. The molecule has 1 rings (SSSR count). The van der Waals surface area contributed by atoms with Crippen LogP contribution in [-0.2, 0) is 0 Å². The largest absolute Gasteiger partial charge is 0.310 e. The summed E-state index contributed by atoms with van der Waals surface area (Å²) in [6, 6.07) is 5.16. The van der Waals surface area contributed by atoms with E-state index >= 15 is 0 Å². The van der Waals surface area contributed by atoms with Crippen molar-refractivity contribution >= 4 is 15.9 Å². The third-order valence-corrected chi connectivity index (χ3v) is 3.09. The zero-order chi connectivity index (χ0) is 11.4. The molecule has 1 unspecified atom stereocenters. The van der Waals surface area contributed by atoms with Gasteiger partial charge in [-0.2, -0.15) is 0 Å². The Bertz CT molecular complexity index is 305. The number of rotatable bonds is 4. The van der Waals surface area contributed by atoms with Crippen LogP contribution in [0.5, 0.6) is 0 Å². The average molecular weight is 274 g/mol. The Labute approximate surface area is 99.2 Å². The van der Waals surface area contributed by atoms with Gasteiger partial charge in [0.15, 0.2) is 0 Å². The second-order valence-corrected chi connectivity index (χ2v) is 4.77. The maximum absolute atomic E-state index is 13.7. The summed E-state index contributed by atoms with van der Waals surface area (Å²) in [5, 5.41) is 3.31. The third kappa shape index (κ3) is 3.02. The molecule has 1 N–H and O–H groups in total. The normalized spacial score (nSPS) is 13.2. The second kappa shape index (κ2) is 5.61. The Morgan fingerprint density at radius 1 is 1.40 bits per heavy atom. The van der Waals surface area contributed by atoms with Crippen molar-refractivity contribution in [2.45, 2.75) is 26.8 Å². The van der Waals surface area contributed by atoms with E-state index in [2.05, 4.69) is 35.1 Å². The van der Waals surface area contributed by atoms with E-state index in [4.69, 9.17) is 0 Å². The molecule has 0 bridgehead atoms. The Balaban J connectivity index is 3.10. The first-order valence-corrected chi connectivity index (χ1v) is 6.04. The van der Waals surface area contributed by atoms with Crippen molar-refractivity contribution in [3.8, 4) is 0 Å². The van der Waals surface area contributed by atoms with Gasteiger partial charge in [0, 0.05) is 16.1 Å². The summed E-state index contributed by atoms with van der Waals surface area (Å²) >= 11 is 3.41. The first-order chi connectivity index (χ1) is 7.07. The van der Waals surface area contributed by atoms with E-state index in [0.717, 1.165) is 16.6 Å². The van der Waals surface area contributed by atoms with Crippen LogP contribution in [0.2, 0.25) is 0 Å². The number of halogens is 2. The Morgan fingerprint density at radius 3 is 2.53 bits per heavy atom. The molecule has 0 radical (unpaired) electrons. The summed E-state index contributed by atoms with van der Waals surface area (Å²) in [7, 11) is 0. The maximum atomic E-state index is 13.7. The van der Waals surface area contributed by atoms with Crippen molar-refractivity contribution in [3.63, 3.8) is 0 Å². The summed E-state index contributed by atoms with van der Waals surface area (Å²) in [5.74, 6) is 0.210. The quantitative estimate of drug-likeness (QED) is 0.878. The molecule has 1 aromatic carbocycles. The zero-order valence-electron chi connectivity index (χ0n) is 9.35. The molecule has 1 atom stereocenters. The van der Waals surface area contributed by atoms with Crippen LogP contribution in [0, 0.1) is 11.7 Å². The van der Waals surface area contributed by atoms with Gasteiger partial charge < -0.3 is 5.32 Å². The van der Waals surface area contributed by atoms with Crippen LogP contribution in [0.25, 0.3) is 0 Å². The first-order valence-electron chi connectivity index (χ1n) is 5.25. The summed E-state index contributed by atoms with van der Waals surface area (Å²) in [4.78, 5) is 0. The van der Waals surface area contributed by atoms with Gasteiger partial charge in [-0.05, 0) is 24.6 Å². The van der Waals surface area contributed by atoms with Crippen LogP contribution in [-0.4, -0.2) is 6.54 Å². The highest BCUT2D eigenvalue weighted by Crippen LogP contribution is 2.30. The molecule has 0 fully saturated rings. The molecule has 0 saturated heterocycles. The number of benzene rings is 1. The second-order valence-electron chi connectivity index (χ2n) is 3.91. The number of nitrogens with one attached hydrogen (secondary N) is 1. The van der Waals surface area contributed by atoms with Crippen molar-refractivity contribution in [2.24, 2.45) is 5.92 Å². The molecule has 0 aliphatic carbocycles. The lowest BCUT2D eigenvalue weighted by atomic mass is 9.95. The van der Waals surface area contributed by atoms with Crippen molar-refractivity contribution in [2.75, 3.05) is 6.54 Å². The van der Waals surface area contributed by atoms with Gasteiger partial charge in [0.05, 0.1) is 0 Å². The van der Waals surface area contributed by atoms with Gasteiger partial charge in [-0.1, -0.05) is 42.8 Å². The zero-order valence-corrected chi connectivity index (χ0v) is 10.9. The topological polar surface area (TPSA) is 12.0 Å². The molecule has 0 spiro atoms. The molecular weight excluding hydrogens is 257 g/mol. The summed E-state index contributed by atoms with van der Waals surface area (Å²) in [6.45, 7) is 7.05. The van der Waals surface area contributed by atoms with Crippen LogP contribution in [0.4, 0.5) is 4.39 Å². The van der Waals surface area contributed by atoms with E-state index in [1.807, 2.05) is 13.0 Å². The maximum Gasteiger partial charge on any atom is 0.129 e. The highest BCUT2D eigenvalue weighted by molar-refractivity contribution is 9.10. The van der Waals surface area contributed by atoms with E-state index in [1.54, 1.807) is 6.07 Å². The fourth-order valence-electron chi connectivity index (χ4n) is 1.70. The van der Waals surface area contributed by atoms with Gasteiger partial charge >= 0.3 is 0 Å². The fourth-order valence-corrected chi connectivity index (χ4v) is 2.29. The number of hydrogen-bond donors (Lipinski definition) is 1. The molecule has 15 heavy (non-hydrogen) atoms. The van der Waals surface area contributed by atoms with E-state index in [9.17, 15) is 4.39 Å². The van der Waals surface area contributed by atoms with Crippen LogP contribution in [0.15, 0.2) is 22.7 Å². The molecule has 0 aliphatic rings. The minimum atomic E-state index is -0.149. The van der Waals surface area contributed by atoms with Gasteiger partial charge in [0.2, 0.25) is 0 Å². The molecule has 0 amide bonds. The number of hydrogen-bond acceptors (Lipinski definition) is 1. The summed E-state index contributed by atoms with van der Waals surface area (Å²) < 4.78 is 14.5. The molecule has 3 heteroatoms. The highest BCUT2D eigenvalue weighted by atomic mass is 79.9. The van der Waals surface area contributed by atoms with Gasteiger partial charge in [0.25, 0.3) is 0 Å². The fraction of sp³-hybridized carbons (Fsp3) is 0.500. The predicted molar refractivity (Wildman–Crippen MR) is 65.4 cm³/mol. The highest BCUT2D eigenvalue weighted by Gasteiger charge is 2.20. The summed E-state index contributed by atoms with van der Waals surface area (Å²) in [6.07, 6.45) is 0. The SMILES string of the molecule is CCNC(c1c(F)cccc1Br)C(C)C. The van der Waals surface area contributed by atoms with E-state index in [1.165, 1.54) is 6.07 Å². The Morgan fingerprint density at radius 2 is 2.07 bits per heavy atom. The monoisotopic (exact) mass is 273 g/mol. The van der Waals surface area contributed by atoms with E-state index < -0.39 is 0 Å². The molecular formula is C12H17BrFN. The average Bonchev–Trinajstić information content (AvgIpc) is 2.15. The van der Waals surface area contributed by atoms with Crippen LogP contribution in [0.1, 0.15) is 32.4 Å². The van der Waals surface area contributed by atoms with E-state index in [-0.39, 0.29) is 11.9 Å². The molecule has 0 aromatic heterocycles. The molecule has 1 aromatic rings. The standard InChI is InChI=1S/C12H17BrFN/c1-4-15-12(8(2)3)11-9(13)6-5-7-10(11)14/h5-8,12,15H,4H2,1-3H3. The van der Waals surface area contributed by atoms with Crippen LogP contribution >= 0.6 is 15.9 Å². The van der Waals surface area contributed by atoms with Crippen molar-refractivity contribution in [3.05, 3.63) is 34.1 Å². The predicted octanol–water partition coefficient (Wildman–Crippen LogP) is 3.89. The van der Waals surface area contributed by atoms with Gasteiger partial charge in [-0.3, -0.25) is 0 Å². The molecule has 1 nitrogen and oxygen atoms in total. The van der Waals surface area contributed by atoms with Crippen LogP contribution < -0.4 is 5.32 Å². The minimum absolute atomic E-state index is 0.0607. The van der Waals surface area contributed by atoms with Gasteiger partial charge in [0.1, 0.15) is 5.82 Å². The lowest BCUT2D eigenvalue weighted by molar-refractivity contribution is 0.404. The summed E-state index contributed by atoms with van der Waals surface area (Å²) in [5.41, 5.74) is 0.731. The lowest BCUT2D eigenvalue weighted by Gasteiger charge is -2.23. The van der Waals surface area contributed by atoms with Crippen molar-refractivity contribution in [1.29, 1.82) is 0 Å². The molecule has 0 aliphatic heterocycles. The van der Waals surface area contributed by atoms with E-state index in [0.29, 0.717) is 5.92 Å². The Hall–Kier alpha value is -0.410. The van der Waals surface area contributed by atoms with Crippen LogP contribution in [0.3, 0.4) is 0 Å². The first kappa shape index (κ1) is 12.7. The van der Waals surface area contributed by atoms with Gasteiger partial charge in [-0.25, -0.2) is 4.39 Å². The molecule has 0 heterocycles. The van der Waals surface area contributed by atoms with Crippen molar-refractivity contribution < 1.29 is 4.39 Å². The molecule has 0 saturated carbocycles. The minimum Gasteiger partial charge on any atom is -0.310 e. The Kier molecular flexibility index (Phi) is 4.74. The third-order valence-electron chi connectivity index (χ3n) is 2.40. The van der Waals surface area contributed by atoms with Gasteiger partial charge in [-0.15, -0.1) is 0 Å². The van der Waals surface area contributed by atoms with Crippen molar-refractivity contribution in [1.82, 2.24) is 5.32 Å². The smallest absolute Gasteiger partial charge is 0.129 e.